The highest BCUT2D eigenvalue weighted by atomic mass is 16.5. The lowest BCUT2D eigenvalue weighted by Gasteiger charge is -2.43. The number of hydrogen-bond donors (Lipinski definition) is 1. The minimum atomic E-state index is -0.131. The Morgan fingerprint density at radius 2 is 2.10 bits per heavy atom. The van der Waals surface area contributed by atoms with Crippen molar-refractivity contribution in [2.24, 2.45) is 5.73 Å². The zero-order valence-electron chi connectivity index (χ0n) is 12.3. The molecule has 2 aliphatic rings. The number of rotatable bonds is 3. The number of para-hydroxylation sites is 1. The first kappa shape index (κ1) is 13.9. The number of nitrogens with two attached hydrogens (primary N) is 1. The van der Waals surface area contributed by atoms with Crippen LogP contribution in [0.2, 0.25) is 0 Å². The third-order valence-corrected chi connectivity index (χ3v) is 3.99. The van der Waals surface area contributed by atoms with Crippen molar-refractivity contribution in [3.63, 3.8) is 0 Å². The van der Waals surface area contributed by atoms with Gasteiger partial charge < -0.3 is 15.2 Å². The highest BCUT2D eigenvalue weighted by molar-refractivity contribution is 5.37. The average Bonchev–Trinajstić information content (AvgIpc) is 2.78. The molecule has 1 saturated heterocycles. The van der Waals surface area contributed by atoms with Crippen LogP contribution in [0.3, 0.4) is 0 Å². The lowest BCUT2D eigenvalue weighted by atomic mass is 10.0. The summed E-state index contributed by atoms with van der Waals surface area (Å²) in [6.45, 7) is 7.61. The molecule has 0 spiro atoms. The Balaban J connectivity index is 1.61. The molecule has 2 heterocycles. The van der Waals surface area contributed by atoms with E-state index in [-0.39, 0.29) is 17.8 Å². The van der Waals surface area contributed by atoms with Gasteiger partial charge in [0.15, 0.2) is 0 Å². The van der Waals surface area contributed by atoms with Crippen LogP contribution in [0.4, 0.5) is 0 Å². The van der Waals surface area contributed by atoms with Gasteiger partial charge in [0.05, 0.1) is 11.7 Å². The maximum absolute atomic E-state index is 6.03. The molecule has 1 aromatic rings. The summed E-state index contributed by atoms with van der Waals surface area (Å²) in [6, 6.07) is 8.32. The van der Waals surface area contributed by atoms with Crippen LogP contribution in [0, 0.1) is 0 Å². The summed E-state index contributed by atoms with van der Waals surface area (Å²) in [7, 11) is 0. The molecule has 4 heteroatoms. The minimum absolute atomic E-state index is 0.127. The van der Waals surface area contributed by atoms with Gasteiger partial charge in [-0.2, -0.15) is 0 Å². The second-order valence-corrected chi connectivity index (χ2v) is 6.48. The second kappa shape index (κ2) is 5.35. The van der Waals surface area contributed by atoms with Crippen LogP contribution in [0.5, 0.6) is 5.75 Å². The number of nitrogens with zero attached hydrogens (tertiary/aromatic N) is 1. The number of fused-ring (bicyclic) bond motifs is 1. The third-order valence-electron chi connectivity index (χ3n) is 3.99. The first-order valence-corrected chi connectivity index (χ1v) is 7.40. The lowest BCUT2D eigenvalue weighted by molar-refractivity contribution is -0.135. The highest BCUT2D eigenvalue weighted by Crippen LogP contribution is 2.29. The van der Waals surface area contributed by atoms with E-state index in [9.17, 15) is 0 Å². The molecule has 2 N–H and O–H groups in total. The van der Waals surface area contributed by atoms with E-state index < -0.39 is 0 Å². The summed E-state index contributed by atoms with van der Waals surface area (Å²) in [5.41, 5.74) is 6.97. The quantitative estimate of drug-likeness (QED) is 0.907. The maximum atomic E-state index is 6.03. The van der Waals surface area contributed by atoms with E-state index in [1.165, 1.54) is 5.56 Å². The van der Waals surface area contributed by atoms with Gasteiger partial charge in [-0.3, -0.25) is 4.90 Å². The smallest absolute Gasteiger partial charge is 0.123 e. The van der Waals surface area contributed by atoms with E-state index in [1.54, 1.807) is 0 Å². The van der Waals surface area contributed by atoms with Crippen LogP contribution in [-0.2, 0) is 11.2 Å². The average molecular weight is 276 g/mol. The van der Waals surface area contributed by atoms with Gasteiger partial charge in [0.2, 0.25) is 0 Å². The summed E-state index contributed by atoms with van der Waals surface area (Å²) in [5.74, 6) is 1.04. The van der Waals surface area contributed by atoms with E-state index in [2.05, 4.69) is 36.9 Å². The fourth-order valence-electron chi connectivity index (χ4n) is 3.32. The predicted octanol–water partition coefficient (Wildman–Crippen LogP) is 1.43. The van der Waals surface area contributed by atoms with Gasteiger partial charge in [-0.25, -0.2) is 0 Å². The van der Waals surface area contributed by atoms with Crippen molar-refractivity contribution in [2.45, 2.75) is 38.1 Å². The highest BCUT2D eigenvalue weighted by Gasteiger charge is 2.35. The molecule has 2 unspecified atom stereocenters. The molecule has 0 saturated carbocycles. The Kier molecular flexibility index (Phi) is 3.71. The minimum Gasteiger partial charge on any atom is -0.488 e. The van der Waals surface area contributed by atoms with Gasteiger partial charge in [0.1, 0.15) is 11.9 Å². The van der Waals surface area contributed by atoms with E-state index >= 15 is 0 Å². The molecule has 20 heavy (non-hydrogen) atoms. The summed E-state index contributed by atoms with van der Waals surface area (Å²) in [4.78, 5) is 2.43. The topological polar surface area (TPSA) is 47.7 Å². The normalized spacial score (nSPS) is 28.9. The molecule has 1 fully saturated rings. The second-order valence-electron chi connectivity index (χ2n) is 6.48. The lowest BCUT2D eigenvalue weighted by Crippen LogP contribution is -2.56. The fourth-order valence-corrected chi connectivity index (χ4v) is 3.32. The van der Waals surface area contributed by atoms with Crippen molar-refractivity contribution in [3.8, 4) is 5.75 Å². The number of hydrogen-bond acceptors (Lipinski definition) is 4. The molecule has 0 aromatic heterocycles. The summed E-state index contributed by atoms with van der Waals surface area (Å²) in [5, 5.41) is 0. The van der Waals surface area contributed by atoms with E-state index in [1.807, 2.05) is 6.07 Å². The molecule has 2 atom stereocenters. The standard InChI is InChI=1S/C16H24N2O2/c1-16(2)11-18(10-14(8-17)20-16)9-13-7-12-5-3-4-6-15(12)19-13/h3-6,13-14H,7-11,17H2,1-2H3. The molecule has 0 amide bonds. The predicted molar refractivity (Wildman–Crippen MR) is 79.0 cm³/mol. The Hall–Kier alpha value is -1.10. The molecule has 1 aromatic carbocycles. The van der Waals surface area contributed by atoms with Crippen molar-refractivity contribution < 1.29 is 9.47 Å². The summed E-state index contributed by atoms with van der Waals surface area (Å²) < 4.78 is 12.0. The monoisotopic (exact) mass is 276 g/mol. The van der Waals surface area contributed by atoms with Gasteiger partial charge in [-0.05, 0) is 25.5 Å². The molecule has 0 aliphatic carbocycles. The van der Waals surface area contributed by atoms with Crippen LogP contribution in [0.15, 0.2) is 24.3 Å². The Labute approximate surface area is 120 Å². The van der Waals surface area contributed by atoms with Gasteiger partial charge in [-0.15, -0.1) is 0 Å². The fraction of sp³-hybridized carbons (Fsp3) is 0.625. The van der Waals surface area contributed by atoms with E-state index in [0.717, 1.165) is 31.8 Å². The van der Waals surface area contributed by atoms with Crippen LogP contribution in [0.25, 0.3) is 0 Å². The Bertz CT molecular complexity index is 450. The molecular formula is C16H24N2O2. The van der Waals surface area contributed by atoms with Crippen molar-refractivity contribution in [1.82, 2.24) is 4.90 Å². The van der Waals surface area contributed by atoms with Crippen LogP contribution < -0.4 is 10.5 Å². The van der Waals surface area contributed by atoms with Gasteiger partial charge in [-0.1, -0.05) is 18.2 Å². The number of morpholine rings is 1. The Morgan fingerprint density at radius 3 is 2.85 bits per heavy atom. The van der Waals surface area contributed by atoms with Gasteiger partial charge >= 0.3 is 0 Å². The largest absolute Gasteiger partial charge is 0.488 e. The maximum Gasteiger partial charge on any atom is 0.123 e. The zero-order valence-corrected chi connectivity index (χ0v) is 12.3. The van der Waals surface area contributed by atoms with E-state index in [4.69, 9.17) is 15.2 Å². The van der Waals surface area contributed by atoms with Crippen molar-refractivity contribution in [2.75, 3.05) is 26.2 Å². The van der Waals surface area contributed by atoms with Crippen molar-refractivity contribution >= 4 is 0 Å². The molecule has 0 bridgehead atoms. The molecule has 4 nitrogen and oxygen atoms in total. The van der Waals surface area contributed by atoms with Crippen molar-refractivity contribution in [3.05, 3.63) is 29.8 Å². The first-order chi connectivity index (χ1) is 9.55. The molecule has 110 valence electrons. The molecule has 3 rings (SSSR count). The van der Waals surface area contributed by atoms with Crippen LogP contribution >= 0.6 is 0 Å². The number of benzene rings is 1. The third kappa shape index (κ3) is 2.97. The molecule has 0 radical (unpaired) electrons. The molecular weight excluding hydrogens is 252 g/mol. The van der Waals surface area contributed by atoms with Gasteiger partial charge in [0.25, 0.3) is 0 Å². The Morgan fingerprint density at radius 1 is 1.30 bits per heavy atom. The van der Waals surface area contributed by atoms with Crippen LogP contribution in [0.1, 0.15) is 19.4 Å². The zero-order chi connectivity index (χ0) is 14.2. The number of ether oxygens (including phenoxy) is 2. The summed E-state index contributed by atoms with van der Waals surface area (Å²) in [6.07, 6.45) is 1.38. The van der Waals surface area contributed by atoms with E-state index in [0.29, 0.717) is 6.54 Å². The molecule has 2 aliphatic heterocycles. The van der Waals surface area contributed by atoms with Crippen LogP contribution in [-0.4, -0.2) is 48.9 Å². The van der Waals surface area contributed by atoms with Crippen molar-refractivity contribution in [1.29, 1.82) is 0 Å². The SMILES string of the molecule is CC1(C)CN(CC2Cc3ccccc3O2)CC(CN)O1. The van der Waals surface area contributed by atoms with Gasteiger partial charge in [0, 0.05) is 32.6 Å². The summed E-state index contributed by atoms with van der Waals surface area (Å²) >= 11 is 0. The first-order valence-electron chi connectivity index (χ1n) is 7.40.